The molecule has 0 atom stereocenters. The van der Waals surface area contributed by atoms with Crippen molar-refractivity contribution in [2.24, 2.45) is 0 Å². The van der Waals surface area contributed by atoms with E-state index >= 15 is 0 Å². The quantitative estimate of drug-likeness (QED) is 0.697. The number of sulfonamides is 1. The largest absolute Gasteiger partial charge is 0.507 e. The van der Waals surface area contributed by atoms with Crippen molar-refractivity contribution in [3.05, 3.63) is 29.6 Å². The van der Waals surface area contributed by atoms with Gasteiger partial charge in [-0.3, -0.25) is 4.79 Å². The summed E-state index contributed by atoms with van der Waals surface area (Å²) in [7, 11) is -3.43. The number of amides is 1. The van der Waals surface area contributed by atoms with Gasteiger partial charge in [0.2, 0.25) is 10.0 Å². The van der Waals surface area contributed by atoms with Crippen molar-refractivity contribution in [1.29, 1.82) is 0 Å². The van der Waals surface area contributed by atoms with Crippen LogP contribution in [0.5, 0.6) is 5.75 Å². The van der Waals surface area contributed by atoms with Gasteiger partial charge in [0.15, 0.2) is 0 Å². The van der Waals surface area contributed by atoms with Crippen molar-refractivity contribution in [2.75, 3.05) is 18.8 Å². The SMILES string of the molecule is CCNS(=O)(=O)CCNC(=O)c1cc(F)ccc1O. The summed E-state index contributed by atoms with van der Waals surface area (Å²) in [6, 6.07) is 2.95. The van der Waals surface area contributed by atoms with Crippen LogP contribution in [0.3, 0.4) is 0 Å². The average molecular weight is 290 g/mol. The van der Waals surface area contributed by atoms with Crippen LogP contribution in [0.2, 0.25) is 0 Å². The van der Waals surface area contributed by atoms with E-state index in [4.69, 9.17) is 0 Å². The Hall–Kier alpha value is -1.67. The van der Waals surface area contributed by atoms with E-state index in [9.17, 15) is 22.7 Å². The van der Waals surface area contributed by atoms with Gasteiger partial charge < -0.3 is 10.4 Å². The molecule has 19 heavy (non-hydrogen) atoms. The van der Waals surface area contributed by atoms with E-state index in [2.05, 4.69) is 10.0 Å². The number of phenols is 1. The monoisotopic (exact) mass is 290 g/mol. The third-order valence-corrected chi connectivity index (χ3v) is 3.69. The van der Waals surface area contributed by atoms with Gasteiger partial charge >= 0.3 is 0 Å². The van der Waals surface area contributed by atoms with E-state index in [1.807, 2.05) is 0 Å². The summed E-state index contributed by atoms with van der Waals surface area (Å²) in [5, 5.41) is 11.7. The second-order valence-corrected chi connectivity index (χ2v) is 5.66. The lowest BCUT2D eigenvalue weighted by molar-refractivity contribution is 0.0953. The third-order valence-electron chi connectivity index (χ3n) is 2.22. The first-order valence-corrected chi connectivity index (χ1v) is 7.25. The maximum absolute atomic E-state index is 12.9. The number of hydrogen-bond donors (Lipinski definition) is 3. The van der Waals surface area contributed by atoms with Crippen LogP contribution in [-0.2, 0) is 10.0 Å². The Balaban J connectivity index is 2.59. The van der Waals surface area contributed by atoms with Gasteiger partial charge in [-0.25, -0.2) is 17.5 Å². The zero-order valence-electron chi connectivity index (χ0n) is 10.3. The highest BCUT2D eigenvalue weighted by molar-refractivity contribution is 7.89. The molecule has 8 heteroatoms. The predicted molar refractivity (Wildman–Crippen MR) is 67.9 cm³/mol. The van der Waals surface area contributed by atoms with Crippen molar-refractivity contribution in [1.82, 2.24) is 10.0 Å². The van der Waals surface area contributed by atoms with Crippen LogP contribution in [-0.4, -0.2) is 38.3 Å². The molecule has 6 nitrogen and oxygen atoms in total. The third kappa shape index (κ3) is 4.84. The van der Waals surface area contributed by atoms with Crippen LogP contribution in [0.25, 0.3) is 0 Å². The standard InChI is InChI=1S/C11H15FN2O4S/c1-2-14-19(17,18)6-5-13-11(16)9-7-8(12)3-4-10(9)15/h3-4,7,14-15H,2,5-6H2,1H3,(H,13,16). The summed E-state index contributed by atoms with van der Waals surface area (Å²) in [6.07, 6.45) is 0. The summed E-state index contributed by atoms with van der Waals surface area (Å²) < 4.78 is 37.8. The van der Waals surface area contributed by atoms with Gasteiger partial charge in [0.25, 0.3) is 5.91 Å². The number of aromatic hydroxyl groups is 1. The number of phenolic OH excluding ortho intramolecular Hbond substituents is 1. The highest BCUT2D eigenvalue weighted by atomic mass is 32.2. The van der Waals surface area contributed by atoms with Gasteiger partial charge in [-0.05, 0) is 18.2 Å². The topological polar surface area (TPSA) is 95.5 Å². The summed E-state index contributed by atoms with van der Waals surface area (Å²) in [5.74, 6) is -2.05. The molecule has 0 saturated carbocycles. The normalized spacial score (nSPS) is 11.3. The van der Waals surface area contributed by atoms with Crippen molar-refractivity contribution < 1.29 is 22.7 Å². The lowest BCUT2D eigenvalue weighted by Crippen LogP contribution is -2.34. The summed E-state index contributed by atoms with van der Waals surface area (Å²) in [5.41, 5.74) is -0.235. The molecule has 0 unspecified atom stereocenters. The Morgan fingerprint density at radius 2 is 2.11 bits per heavy atom. The van der Waals surface area contributed by atoms with Crippen LogP contribution in [0.1, 0.15) is 17.3 Å². The van der Waals surface area contributed by atoms with Gasteiger partial charge in [-0.15, -0.1) is 0 Å². The predicted octanol–water partition coefficient (Wildman–Crippen LogP) is 0.200. The van der Waals surface area contributed by atoms with Crippen LogP contribution in [0.4, 0.5) is 4.39 Å². The minimum absolute atomic E-state index is 0.135. The molecule has 1 rings (SSSR count). The van der Waals surface area contributed by atoms with E-state index in [1.165, 1.54) is 0 Å². The molecule has 1 aromatic carbocycles. The molecule has 1 aromatic rings. The summed E-state index contributed by atoms with van der Waals surface area (Å²) in [4.78, 5) is 11.6. The summed E-state index contributed by atoms with van der Waals surface area (Å²) in [6.45, 7) is 1.77. The van der Waals surface area contributed by atoms with Gasteiger partial charge in [-0.2, -0.15) is 0 Å². The fraction of sp³-hybridized carbons (Fsp3) is 0.364. The number of carbonyl (C=O) groups excluding carboxylic acids is 1. The fourth-order valence-corrected chi connectivity index (χ4v) is 2.33. The first kappa shape index (κ1) is 15.4. The molecule has 0 aliphatic rings. The Bertz CT molecular complexity index is 560. The van der Waals surface area contributed by atoms with Gasteiger partial charge in [-0.1, -0.05) is 6.92 Å². The molecule has 0 spiro atoms. The molecule has 0 bridgehead atoms. The minimum Gasteiger partial charge on any atom is -0.507 e. The maximum Gasteiger partial charge on any atom is 0.255 e. The zero-order chi connectivity index (χ0) is 14.5. The lowest BCUT2D eigenvalue weighted by Gasteiger charge is -2.07. The zero-order valence-corrected chi connectivity index (χ0v) is 11.1. The molecule has 0 aliphatic carbocycles. The number of hydrogen-bond acceptors (Lipinski definition) is 4. The number of rotatable bonds is 6. The molecule has 1 amide bonds. The molecule has 3 N–H and O–H groups in total. The van der Waals surface area contributed by atoms with Crippen molar-refractivity contribution in [3.63, 3.8) is 0 Å². The molecular formula is C11H15FN2O4S. The van der Waals surface area contributed by atoms with Crippen LogP contribution >= 0.6 is 0 Å². The number of nitrogens with one attached hydrogen (secondary N) is 2. The second kappa shape index (κ2) is 6.48. The summed E-state index contributed by atoms with van der Waals surface area (Å²) >= 11 is 0. The van der Waals surface area contributed by atoms with E-state index in [1.54, 1.807) is 6.92 Å². The van der Waals surface area contributed by atoms with Gasteiger partial charge in [0.05, 0.1) is 11.3 Å². The molecule has 106 valence electrons. The molecule has 0 radical (unpaired) electrons. The fourth-order valence-electron chi connectivity index (χ4n) is 1.38. The number of benzene rings is 1. The lowest BCUT2D eigenvalue weighted by atomic mass is 10.2. The number of carbonyl (C=O) groups is 1. The van der Waals surface area contributed by atoms with Crippen molar-refractivity contribution in [2.45, 2.75) is 6.92 Å². The molecule has 0 saturated heterocycles. The Labute approximate surface area is 110 Å². The first-order chi connectivity index (χ1) is 8.85. The van der Waals surface area contributed by atoms with Crippen LogP contribution in [0.15, 0.2) is 18.2 Å². The highest BCUT2D eigenvalue weighted by Crippen LogP contribution is 2.17. The highest BCUT2D eigenvalue weighted by Gasteiger charge is 2.13. The van der Waals surface area contributed by atoms with E-state index in [0.717, 1.165) is 18.2 Å². The maximum atomic E-state index is 12.9. The smallest absolute Gasteiger partial charge is 0.255 e. The van der Waals surface area contributed by atoms with Crippen molar-refractivity contribution >= 4 is 15.9 Å². The van der Waals surface area contributed by atoms with E-state index in [-0.39, 0.29) is 30.2 Å². The Kier molecular flexibility index (Phi) is 5.25. The van der Waals surface area contributed by atoms with E-state index < -0.39 is 21.7 Å². The van der Waals surface area contributed by atoms with Gasteiger partial charge in [0.1, 0.15) is 11.6 Å². The van der Waals surface area contributed by atoms with Crippen LogP contribution in [0, 0.1) is 5.82 Å². The first-order valence-electron chi connectivity index (χ1n) is 5.60. The Morgan fingerprint density at radius 3 is 2.74 bits per heavy atom. The van der Waals surface area contributed by atoms with Crippen molar-refractivity contribution in [3.8, 4) is 5.75 Å². The van der Waals surface area contributed by atoms with E-state index in [0.29, 0.717) is 0 Å². The molecule has 0 aromatic heterocycles. The minimum atomic E-state index is -3.43. The molecular weight excluding hydrogens is 275 g/mol. The number of halogens is 1. The molecule has 0 heterocycles. The Morgan fingerprint density at radius 1 is 1.42 bits per heavy atom. The molecule has 0 aliphatic heterocycles. The van der Waals surface area contributed by atoms with Crippen LogP contribution < -0.4 is 10.0 Å². The average Bonchev–Trinajstić information content (AvgIpc) is 2.31. The molecule has 0 fully saturated rings. The van der Waals surface area contributed by atoms with Gasteiger partial charge in [0, 0.05) is 13.1 Å². The second-order valence-electron chi connectivity index (χ2n) is 3.73.